The Morgan fingerprint density at radius 3 is 2.94 bits per heavy atom. The smallest absolute Gasteiger partial charge is 0.246 e. The standard InChI is InChI=1S/C10H11ClN6O/c1-6-2-3-13-9(11)8(6)15-7(18)4-17-5-14-10(12)16-17/h2-3,5H,4H2,1H3,(H2,12,16)(H,15,18). The van der Waals surface area contributed by atoms with Crippen LogP contribution in [0.25, 0.3) is 0 Å². The number of anilines is 2. The fourth-order valence-corrected chi connectivity index (χ4v) is 1.64. The monoisotopic (exact) mass is 266 g/mol. The minimum absolute atomic E-state index is 0.00879. The summed E-state index contributed by atoms with van der Waals surface area (Å²) in [5.74, 6) is -0.156. The minimum Gasteiger partial charge on any atom is -0.367 e. The number of carbonyl (C=O) groups excluding carboxylic acids is 1. The molecule has 0 aliphatic heterocycles. The number of hydrogen-bond acceptors (Lipinski definition) is 5. The van der Waals surface area contributed by atoms with Crippen molar-refractivity contribution in [3.05, 3.63) is 29.3 Å². The Labute approximate surface area is 108 Å². The van der Waals surface area contributed by atoms with Crippen molar-refractivity contribution in [2.75, 3.05) is 11.1 Å². The molecule has 18 heavy (non-hydrogen) atoms. The summed E-state index contributed by atoms with van der Waals surface area (Å²) in [6, 6.07) is 1.76. The van der Waals surface area contributed by atoms with Crippen LogP contribution in [0.4, 0.5) is 11.6 Å². The number of aromatic nitrogens is 4. The molecule has 0 bridgehead atoms. The van der Waals surface area contributed by atoms with Gasteiger partial charge in [-0.1, -0.05) is 11.6 Å². The highest BCUT2D eigenvalue weighted by Crippen LogP contribution is 2.22. The highest BCUT2D eigenvalue weighted by atomic mass is 35.5. The van der Waals surface area contributed by atoms with Crippen LogP contribution in [0.5, 0.6) is 0 Å². The molecule has 0 atom stereocenters. The predicted molar refractivity (Wildman–Crippen MR) is 67.0 cm³/mol. The summed E-state index contributed by atoms with van der Waals surface area (Å²) < 4.78 is 1.34. The van der Waals surface area contributed by atoms with E-state index in [1.807, 2.05) is 6.92 Å². The van der Waals surface area contributed by atoms with Gasteiger partial charge in [-0.15, -0.1) is 5.10 Å². The quantitative estimate of drug-likeness (QED) is 0.803. The topological polar surface area (TPSA) is 98.7 Å². The second-order valence-electron chi connectivity index (χ2n) is 3.64. The van der Waals surface area contributed by atoms with E-state index < -0.39 is 0 Å². The van der Waals surface area contributed by atoms with E-state index in [1.54, 1.807) is 12.3 Å². The first kappa shape index (κ1) is 12.3. The van der Waals surface area contributed by atoms with E-state index in [2.05, 4.69) is 20.4 Å². The zero-order valence-corrected chi connectivity index (χ0v) is 10.3. The van der Waals surface area contributed by atoms with Crippen LogP contribution in [-0.2, 0) is 11.3 Å². The molecule has 0 saturated carbocycles. The highest BCUT2D eigenvalue weighted by Gasteiger charge is 2.10. The lowest BCUT2D eigenvalue weighted by atomic mass is 10.2. The van der Waals surface area contributed by atoms with Gasteiger partial charge in [0.05, 0.1) is 5.69 Å². The molecule has 0 aliphatic carbocycles. The van der Waals surface area contributed by atoms with Gasteiger partial charge >= 0.3 is 0 Å². The van der Waals surface area contributed by atoms with Crippen molar-refractivity contribution >= 4 is 29.1 Å². The molecule has 7 nitrogen and oxygen atoms in total. The van der Waals surface area contributed by atoms with Crippen LogP contribution in [0.2, 0.25) is 5.15 Å². The van der Waals surface area contributed by atoms with E-state index in [4.69, 9.17) is 17.3 Å². The van der Waals surface area contributed by atoms with E-state index in [0.29, 0.717) is 5.69 Å². The fraction of sp³-hybridized carbons (Fsp3) is 0.200. The van der Waals surface area contributed by atoms with Gasteiger partial charge in [-0.05, 0) is 18.6 Å². The number of amides is 1. The number of pyridine rings is 1. The van der Waals surface area contributed by atoms with Crippen LogP contribution in [0.15, 0.2) is 18.6 Å². The van der Waals surface area contributed by atoms with Crippen LogP contribution in [0, 0.1) is 6.92 Å². The van der Waals surface area contributed by atoms with Crippen molar-refractivity contribution < 1.29 is 4.79 Å². The Kier molecular flexibility index (Phi) is 3.42. The summed E-state index contributed by atoms with van der Waals surface area (Å²) >= 11 is 5.90. The summed E-state index contributed by atoms with van der Waals surface area (Å²) in [6.07, 6.45) is 2.96. The molecule has 0 radical (unpaired) electrons. The molecular weight excluding hydrogens is 256 g/mol. The average Bonchev–Trinajstić information content (AvgIpc) is 2.69. The number of nitrogen functional groups attached to an aromatic ring is 1. The number of hydrogen-bond donors (Lipinski definition) is 2. The van der Waals surface area contributed by atoms with Gasteiger partial charge in [-0.2, -0.15) is 0 Å². The maximum Gasteiger partial charge on any atom is 0.246 e. The summed E-state index contributed by atoms with van der Waals surface area (Å²) in [5.41, 5.74) is 6.68. The van der Waals surface area contributed by atoms with E-state index in [9.17, 15) is 4.79 Å². The lowest BCUT2D eigenvalue weighted by molar-refractivity contribution is -0.116. The van der Waals surface area contributed by atoms with Crippen molar-refractivity contribution in [3.63, 3.8) is 0 Å². The summed E-state index contributed by atoms with van der Waals surface area (Å²) in [5, 5.41) is 6.74. The number of nitrogens with zero attached hydrogens (tertiary/aromatic N) is 4. The van der Waals surface area contributed by atoms with Crippen LogP contribution < -0.4 is 11.1 Å². The normalized spacial score (nSPS) is 10.3. The average molecular weight is 267 g/mol. The van der Waals surface area contributed by atoms with Gasteiger partial charge in [0, 0.05) is 6.20 Å². The van der Waals surface area contributed by atoms with Crippen molar-refractivity contribution in [1.29, 1.82) is 0 Å². The number of halogens is 1. The molecule has 0 unspecified atom stereocenters. The van der Waals surface area contributed by atoms with Crippen molar-refractivity contribution in [2.24, 2.45) is 0 Å². The molecule has 2 rings (SSSR count). The fourth-order valence-electron chi connectivity index (χ4n) is 1.39. The molecule has 94 valence electrons. The second-order valence-corrected chi connectivity index (χ2v) is 4.00. The number of nitrogens with one attached hydrogen (secondary N) is 1. The summed E-state index contributed by atoms with van der Waals surface area (Å²) in [7, 11) is 0. The van der Waals surface area contributed by atoms with Crippen LogP contribution in [0.1, 0.15) is 5.56 Å². The molecule has 0 aliphatic rings. The lowest BCUT2D eigenvalue weighted by Gasteiger charge is -2.09. The Bertz CT molecular complexity index is 561. The van der Waals surface area contributed by atoms with Crippen LogP contribution in [-0.4, -0.2) is 25.7 Å². The van der Waals surface area contributed by atoms with E-state index in [0.717, 1.165) is 5.56 Å². The first-order chi connectivity index (χ1) is 8.56. The third kappa shape index (κ3) is 2.75. The van der Waals surface area contributed by atoms with E-state index >= 15 is 0 Å². The van der Waals surface area contributed by atoms with Crippen molar-refractivity contribution in [3.8, 4) is 0 Å². The molecule has 0 saturated heterocycles. The van der Waals surface area contributed by atoms with Crippen LogP contribution in [0.3, 0.4) is 0 Å². The van der Waals surface area contributed by atoms with Gasteiger partial charge in [0.25, 0.3) is 0 Å². The van der Waals surface area contributed by atoms with Gasteiger partial charge < -0.3 is 11.1 Å². The Morgan fingerprint density at radius 2 is 2.33 bits per heavy atom. The number of aryl methyl sites for hydroxylation is 1. The number of nitrogens with two attached hydrogens (primary N) is 1. The zero-order valence-electron chi connectivity index (χ0n) is 9.59. The largest absolute Gasteiger partial charge is 0.367 e. The van der Waals surface area contributed by atoms with Gasteiger partial charge in [0.2, 0.25) is 11.9 Å². The Balaban J connectivity index is 2.08. The number of carbonyl (C=O) groups is 1. The molecule has 0 aromatic carbocycles. The molecule has 2 heterocycles. The zero-order chi connectivity index (χ0) is 13.1. The van der Waals surface area contributed by atoms with E-state index in [1.165, 1.54) is 11.0 Å². The molecule has 2 aromatic rings. The SMILES string of the molecule is Cc1ccnc(Cl)c1NC(=O)Cn1cnc(N)n1. The third-order valence-electron chi connectivity index (χ3n) is 2.24. The van der Waals surface area contributed by atoms with Gasteiger partial charge in [-0.25, -0.2) is 14.6 Å². The molecule has 3 N–H and O–H groups in total. The molecule has 8 heteroatoms. The lowest BCUT2D eigenvalue weighted by Crippen LogP contribution is -2.20. The molecular formula is C10H11ClN6O. The minimum atomic E-state index is -0.280. The van der Waals surface area contributed by atoms with Gasteiger partial charge in [0.15, 0.2) is 5.15 Å². The summed E-state index contributed by atoms with van der Waals surface area (Å²) in [4.78, 5) is 19.4. The van der Waals surface area contributed by atoms with E-state index in [-0.39, 0.29) is 23.6 Å². The number of rotatable bonds is 3. The second kappa shape index (κ2) is 5.01. The van der Waals surface area contributed by atoms with Crippen LogP contribution >= 0.6 is 11.6 Å². The maximum atomic E-state index is 11.8. The van der Waals surface area contributed by atoms with Crippen molar-refractivity contribution in [1.82, 2.24) is 19.7 Å². The summed E-state index contributed by atoms with van der Waals surface area (Å²) in [6.45, 7) is 1.84. The van der Waals surface area contributed by atoms with Crippen molar-refractivity contribution in [2.45, 2.75) is 13.5 Å². The van der Waals surface area contributed by atoms with Gasteiger partial charge in [0.1, 0.15) is 12.9 Å². The third-order valence-corrected chi connectivity index (χ3v) is 2.52. The maximum absolute atomic E-state index is 11.8. The van der Waals surface area contributed by atoms with Gasteiger partial charge in [-0.3, -0.25) is 4.79 Å². The molecule has 0 fully saturated rings. The highest BCUT2D eigenvalue weighted by molar-refractivity contribution is 6.32. The first-order valence-corrected chi connectivity index (χ1v) is 5.50. The molecule has 0 spiro atoms. The Hall–Kier alpha value is -2.15. The molecule has 1 amide bonds. The molecule has 2 aromatic heterocycles. The first-order valence-electron chi connectivity index (χ1n) is 5.12. The predicted octanol–water partition coefficient (Wildman–Crippen LogP) is 0.856. The Morgan fingerprint density at radius 1 is 1.56 bits per heavy atom.